The number of fused-ring (bicyclic) bond motifs is 12. The van der Waals surface area contributed by atoms with E-state index < -0.39 is 0 Å². The Morgan fingerprint density at radius 1 is 0.310 bits per heavy atom. The minimum absolute atomic E-state index is 0.985. The van der Waals surface area contributed by atoms with Crippen molar-refractivity contribution < 1.29 is 0 Å². The van der Waals surface area contributed by atoms with E-state index in [1.54, 1.807) is 0 Å². The van der Waals surface area contributed by atoms with Crippen molar-refractivity contribution in [2.24, 2.45) is 0 Å². The highest BCUT2D eigenvalue weighted by Gasteiger charge is 2.18. The number of benzene rings is 7. The number of nitrogens with zero attached hydrogens (tertiary/aromatic N) is 4. The van der Waals surface area contributed by atoms with Crippen LogP contribution in [0.15, 0.2) is 182 Å². The summed E-state index contributed by atoms with van der Waals surface area (Å²) < 4.78 is 10.1. The first kappa shape index (κ1) is 32.0. The third-order valence-corrected chi connectivity index (χ3v) is 14.1. The smallest absolute Gasteiger partial charge is 0.0702 e. The standard InChI is InChI=1S/C52H30N4S2/c1-3-13-45-35(9-1)37-25-31(43-11-5-7-23-53-43)15-19-47(37)55(45)33-17-21-49-39(27-33)41-29-52-42(30-51(41)57-49)40-28-34(18-22-50(40)58-52)56-46-14-4-2-10-36(46)38-26-32(16-20-48(38)56)44-12-6-8-24-54-44/h1-30H. The third-order valence-electron chi connectivity index (χ3n) is 11.8. The van der Waals surface area contributed by atoms with Crippen molar-refractivity contribution in [3.05, 3.63) is 182 Å². The molecule has 0 bridgehead atoms. The van der Waals surface area contributed by atoms with Gasteiger partial charge in [0.15, 0.2) is 0 Å². The molecule has 6 heterocycles. The van der Waals surface area contributed by atoms with E-state index in [1.807, 2.05) is 59.3 Å². The number of thiophene rings is 2. The molecule has 6 aromatic heterocycles. The molecular weight excluding hydrogens is 745 g/mol. The van der Waals surface area contributed by atoms with Gasteiger partial charge in [0, 0.05) is 96.8 Å². The van der Waals surface area contributed by atoms with Gasteiger partial charge in [-0.15, -0.1) is 22.7 Å². The normalized spacial score (nSPS) is 12.1. The number of para-hydroxylation sites is 2. The van der Waals surface area contributed by atoms with Crippen LogP contribution in [0.3, 0.4) is 0 Å². The zero-order valence-corrected chi connectivity index (χ0v) is 32.6. The van der Waals surface area contributed by atoms with Crippen molar-refractivity contribution in [1.82, 2.24) is 19.1 Å². The Balaban J connectivity index is 0.959. The van der Waals surface area contributed by atoms with Gasteiger partial charge in [0.25, 0.3) is 0 Å². The summed E-state index contributed by atoms with van der Waals surface area (Å²) in [6, 6.07) is 62.0. The summed E-state index contributed by atoms with van der Waals surface area (Å²) >= 11 is 3.77. The highest BCUT2D eigenvalue weighted by Crippen LogP contribution is 2.44. The maximum Gasteiger partial charge on any atom is 0.0702 e. The topological polar surface area (TPSA) is 35.6 Å². The first-order valence-electron chi connectivity index (χ1n) is 19.5. The van der Waals surface area contributed by atoms with Crippen LogP contribution in [-0.4, -0.2) is 19.1 Å². The Labute approximate surface area is 340 Å². The predicted octanol–water partition coefficient (Wildman–Crippen LogP) is 14.7. The fraction of sp³-hybridized carbons (Fsp3) is 0. The summed E-state index contributed by atoms with van der Waals surface area (Å²) in [4.78, 5) is 9.27. The van der Waals surface area contributed by atoms with Crippen LogP contribution in [0, 0.1) is 0 Å². The van der Waals surface area contributed by atoms with E-state index in [-0.39, 0.29) is 0 Å². The van der Waals surface area contributed by atoms with Crippen LogP contribution in [0.2, 0.25) is 0 Å². The Kier molecular flexibility index (Phi) is 6.73. The SMILES string of the molecule is c1ccc(-c2ccc3c(c2)c2ccccc2n3-c2ccc3sc4cc5c(cc4c3c2)sc2ccc(-n3c4ccccc4c4cc(-c6ccccn6)ccc43)cc25)nc1. The van der Waals surface area contributed by atoms with Gasteiger partial charge in [-0.05, 0) is 109 Å². The van der Waals surface area contributed by atoms with Crippen molar-refractivity contribution in [2.75, 3.05) is 0 Å². The summed E-state index contributed by atoms with van der Waals surface area (Å²) in [6.45, 7) is 0. The summed E-state index contributed by atoms with van der Waals surface area (Å²) in [5.74, 6) is 0. The second-order valence-electron chi connectivity index (χ2n) is 15.0. The van der Waals surface area contributed by atoms with Crippen molar-refractivity contribution in [3.8, 4) is 33.9 Å². The molecular formula is C52H30N4S2. The molecule has 58 heavy (non-hydrogen) atoms. The summed E-state index contributed by atoms with van der Waals surface area (Å²) in [5, 5.41) is 10.2. The summed E-state index contributed by atoms with van der Waals surface area (Å²) in [6.07, 6.45) is 3.72. The molecule has 0 saturated carbocycles. The van der Waals surface area contributed by atoms with E-state index in [2.05, 4.69) is 165 Å². The van der Waals surface area contributed by atoms with Crippen LogP contribution in [0.4, 0.5) is 0 Å². The minimum atomic E-state index is 0.985. The molecule has 7 aromatic carbocycles. The molecule has 0 saturated heterocycles. The number of hydrogen-bond donors (Lipinski definition) is 0. The average Bonchev–Trinajstić information content (AvgIpc) is 4.02. The Morgan fingerprint density at radius 3 is 1.21 bits per heavy atom. The molecule has 0 unspecified atom stereocenters. The fourth-order valence-corrected chi connectivity index (χ4v) is 11.4. The van der Waals surface area contributed by atoms with E-state index in [9.17, 15) is 0 Å². The van der Waals surface area contributed by atoms with Crippen LogP contribution < -0.4 is 0 Å². The van der Waals surface area contributed by atoms with Crippen LogP contribution >= 0.6 is 22.7 Å². The van der Waals surface area contributed by atoms with E-state index in [1.165, 1.54) is 95.3 Å². The van der Waals surface area contributed by atoms with E-state index >= 15 is 0 Å². The van der Waals surface area contributed by atoms with Crippen LogP contribution in [0.25, 0.3) is 118 Å². The number of aromatic nitrogens is 4. The van der Waals surface area contributed by atoms with Gasteiger partial charge in [0.1, 0.15) is 0 Å². The largest absolute Gasteiger partial charge is 0.309 e. The molecule has 0 fully saturated rings. The van der Waals surface area contributed by atoms with Crippen molar-refractivity contribution >= 4 is 107 Å². The van der Waals surface area contributed by atoms with Crippen molar-refractivity contribution in [1.29, 1.82) is 0 Å². The molecule has 13 aromatic rings. The van der Waals surface area contributed by atoms with Crippen LogP contribution in [0.5, 0.6) is 0 Å². The minimum Gasteiger partial charge on any atom is -0.309 e. The molecule has 0 N–H and O–H groups in total. The Hall–Kier alpha value is -7.12. The molecule has 0 amide bonds. The first-order chi connectivity index (χ1) is 28.7. The van der Waals surface area contributed by atoms with E-state index in [0.717, 1.165) is 22.5 Å². The van der Waals surface area contributed by atoms with Crippen LogP contribution in [-0.2, 0) is 0 Å². The fourth-order valence-electron chi connectivity index (χ4n) is 9.19. The van der Waals surface area contributed by atoms with Gasteiger partial charge in [-0.2, -0.15) is 0 Å². The van der Waals surface area contributed by atoms with E-state index in [0.29, 0.717) is 0 Å². The second-order valence-corrected chi connectivity index (χ2v) is 17.2. The molecule has 4 nitrogen and oxygen atoms in total. The summed E-state index contributed by atoms with van der Waals surface area (Å²) in [5.41, 5.74) is 11.4. The number of pyridine rings is 2. The van der Waals surface area contributed by atoms with Gasteiger partial charge < -0.3 is 9.13 Å². The molecule has 0 spiro atoms. The maximum absolute atomic E-state index is 4.63. The Morgan fingerprint density at radius 2 is 0.741 bits per heavy atom. The lowest BCUT2D eigenvalue weighted by atomic mass is 10.1. The quantitative estimate of drug-likeness (QED) is 0.178. The van der Waals surface area contributed by atoms with Crippen molar-refractivity contribution in [2.45, 2.75) is 0 Å². The molecule has 0 aliphatic heterocycles. The lowest BCUT2D eigenvalue weighted by molar-refractivity contribution is 1.19. The second kappa shape index (κ2) is 12.2. The molecule has 0 radical (unpaired) electrons. The lowest BCUT2D eigenvalue weighted by Crippen LogP contribution is -1.93. The monoisotopic (exact) mass is 774 g/mol. The summed E-state index contributed by atoms with van der Waals surface area (Å²) in [7, 11) is 0. The number of rotatable bonds is 4. The third kappa shape index (κ3) is 4.67. The van der Waals surface area contributed by atoms with E-state index in [4.69, 9.17) is 0 Å². The molecule has 270 valence electrons. The molecule has 0 atom stereocenters. The number of hydrogen-bond acceptors (Lipinski definition) is 4. The Bertz CT molecular complexity index is 3540. The van der Waals surface area contributed by atoms with Gasteiger partial charge in [0.2, 0.25) is 0 Å². The highest BCUT2D eigenvalue weighted by atomic mass is 32.1. The van der Waals surface area contributed by atoms with Gasteiger partial charge in [-0.1, -0.05) is 60.7 Å². The zero-order valence-electron chi connectivity index (χ0n) is 30.9. The average molecular weight is 775 g/mol. The molecule has 6 heteroatoms. The van der Waals surface area contributed by atoms with Gasteiger partial charge in [-0.25, -0.2) is 0 Å². The van der Waals surface area contributed by atoms with Crippen molar-refractivity contribution in [3.63, 3.8) is 0 Å². The lowest BCUT2D eigenvalue weighted by Gasteiger charge is -2.09. The van der Waals surface area contributed by atoms with Crippen LogP contribution in [0.1, 0.15) is 0 Å². The molecule has 0 aliphatic carbocycles. The first-order valence-corrected chi connectivity index (χ1v) is 21.1. The zero-order chi connectivity index (χ0) is 37.9. The molecule has 0 aliphatic rings. The molecule has 13 rings (SSSR count). The van der Waals surface area contributed by atoms with Gasteiger partial charge in [0.05, 0.1) is 33.5 Å². The highest BCUT2D eigenvalue weighted by molar-refractivity contribution is 7.27. The van der Waals surface area contributed by atoms with Gasteiger partial charge in [-0.3, -0.25) is 9.97 Å². The van der Waals surface area contributed by atoms with Gasteiger partial charge >= 0.3 is 0 Å². The predicted molar refractivity (Wildman–Crippen MR) is 247 cm³/mol. The maximum atomic E-state index is 4.63.